The van der Waals surface area contributed by atoms with Gasteiger partial charge in [-0.15, -0.1) is 0 Å². The van der Waals surface area contributed by atoms with Gasteiger partial charge in [0.25, 0.3) is 0 Å². The molecule has 1 saturated heterocycles. The fourth-order valence-electron chi connectivity index (χ4n) is 3.20. The Hall–Kier alpha value is -0.0800. The lowest BCUT2D eigenvalue weighted by atomic mass is 9.99. The topological polar surface area (TPSA) is 15.3 Å². The zero-order valence-electron chi connectivity index (χ0n) is 12.5. The summed E-state index contributed by atoms with van der Waals surface area (Å²) >= 11 is 0. The zero-order valence-corrected chi connectivity index (χ0v) is 12.5. The maximum atomic E-state index is 3.60. The van der Waals surface area contributed by atoms with E-state index in [0.717, 1.165) is 24.5 Å². The summed E-state index contributed by atoms with van der Waals surface area (Å²) in [4.78, 5) is 2.74. The van der Waals surface area contributed by atoms with Crippen LogP contribution in [0.2, 0.25) is 0 Å². The summed E-state index contributed by atoms with van der Waals surface area (Å²) in [5.74, 6) is 0.804. The van der Waals surface area contributed by atoms with Crippen molar-refractivity contribution in [2.45, 2.75) is 78.4 Å². The molecule has 2 nitrogen and oxygen atoms in total. The first kappa shape index (κ1) is 15.0. The van der Waals surface area contributed by atoms with Crippen LogP contribution in [0.4, 0.5) is 0 Å². The van der Waals surface area contributed by atoms with E-state index in [2.05, 4.69) is 44.8 Å². The minimum Gasteiger partial charge on any atom is -0.314 e. The molecule has 17 heavy (non-hydrogen) atoms. The maximum absolute atomic E-state index is 3.60. The standard InChI is InChI=1S/C15H32N2/c1-6-9-16-13(4)11-14(5)17-10-7-8-15(17)12(2)3/h12-16H,6-11H2,1-5H3. The molecule has 0 aliphatic carbocycles. The summed E-state index contributed by atoms with van der Waals surface area (Å²) in [6, 6.07) is 2.20. The first-order chi connectivity index (χ1) is 8.06. The van der Waals surface area contributed by atoms with Gasteiger partial charge in [-0.05, 0) is 58.5 Å². The van der Waals surface area contributed by atoms with Crippen LogP contribution in [0.25, 0.3) is 0 Å². The molecule has 1 heterocycles. The largest absolute Gasteiger partial charge is 0.314 e. The van der Waals surface area contributed by atoms with Crippen molar-refractivity contribution in [2.75, 3.05) is 13.1 Å². The molecular formula is C15H32N2. The van der Waals surface area contributed by atoms with Crippen molar-refractivity contribution in [1.82, 2.24) is 10.2 Å². The SMILES string of the molecule is CCCNC(C)CC(C)N1CCCC1C(C)C. The van der Waals surface area contributed by atoms with Gasteiger partial charge in [-0.1, -0.05) is 20.8 Å². The van der Waals surface area contributed by atoms with Crippen LogP contribution in [0.1, 0.15) is 60.3 Å². The van der Waals surface area contributed by atoms with Crippen molar-refractivity contribution in [3.8, 4) is 0 Å². The van der Waals surface area contributed by atoms with Gasteiger partial charge in [-0.25, -0.2) is 0 Å². The van der Waals surface area contributed by atoms with Crippen LogP contribution in [0.3, 0.4) is 0 Å². The molecule has 0 bridgehead atoms. The van der Waals surface area contributed by atoms with Crippen molar-refractivity contribution >= 4 is 0 Å². The van der Waals surface area contributed by atoms with E-state index in [1.54, 1.807) is 0 Å². The van der Waals surface area contributed by atoms with E-state index in [0.29, 0.717) is 6.04 Å². The normalized spacial score (nSPS) is 25.4. The highest BCUT2D eigenvalue weighted by Gasteiger charge is 2.30. The van der Waals surface area contributed by atoms with Gasteiger partial charge in [0.15, 0.2) is 0 Å². The van der Waals surface area contributed by atoms with Gasteiger partial charge >= 0.3 is 0 Å². The van der Waals surface area contributed by atoms with Crippen LogP contribution in [0.15, 0.2) is 0 Å². The second-order valence-corrected chi connectivity index (χ2v) is 6.13. The van der Waals surface area contributed by atoms with Gasteiger partial charge in [-0.2, -0.15) is 0 Å². The molecule has 2 heteroatoms. The minimum absolute atomic E-state index is 0.651. The summed E-state index contributed by atoms with van der Waals surface area (Å²) in [6.45, 7) is 14.2. The second kappa shape index (κ2) is 7.38. The molecule has 0 saturated carbocycles. The Morgan fingerprint density at radius 3 is 2.53 bits per heavy atom. The van der Waals surface area contributed by atoms with Gasteiger partial charge in [0.1, 0.15) is 0 Å². The van der Waals surface area contributed by atoms with E-state index >= 15 is 0 Å². The van der Waals surface area contributed by atoms with Gasteiger partial charge in [0, 0.05) is 18.1 Å². The molecule has 1 aliphatic heterocycles. The van der Waals surface area contributed by atoms with Gasteiger partial charge in [-0.3, -0.25) is 4.90 Å². The van der Waals surface area contributed by atoms with E-state index in [1.165, 1.54) is 32.2 Å². The average Bonchev–Trinajstić information content (AvgIpc) is 2.75. The van der Waals surface area contributed by atoms with Crippen LogP contribution in [-0.2, 0) is 0 Å². The van der Waals surface area contributed by atoms with E-state index in [-0.39, 0.29) is 0 Å². The van der Waals surface area contributed by atoms with Crippen molar-refractivity contribution in [3.05, 3.63) is 0 Å². The van der Waals surface area contributed by atoms with Crippen molar-refractivity contribution in [2.24, 2.45) is 5.92 Å². The smallest absolute Gasteiger partial charge is 0.0121 e. The first-order valence-corrected chi connectivity index (χ1v) is 7.55. The summed E-state index contributed by atoms with van der Waals surface area (Å²) in [5, 5.41) is 3.60. The Morgan fingerprint density at radius 1 is 1.24 bits per heavy atom. The third-order valence-corrected chi connectivity index (χ3v) is 4.12. The average molecular weight is 240 g/mol. The molecular weight excluding hydrogens is 208 g/mol. The highest BCUT2D eigenvalue weighted by molar-refractivity contribution is 4.86. The summed E-state index contributed by atoms with van der Waals surface area (Å²) < 4.78 is 0. The fraction of sp³-hybridized carbons (Fsp3) is 1.00. The van der Waals surface area contributed by atoms with Crippen LogP contribution in [0, 0.1) is 5.92 Å². The number of nitrogens with zero attached hydrogens (tertiary/aromatic N) is 1. The molecule has 1 rings (SSSR count). The number of hydrogen-bond acceptors (Lipinski definition) is 2. The molecule has 0 aromatic heterocycles. The Labute approximate surface area is 108 Å². The Bertz CT molecular complexity index is 203. The van der Waals surface area contributed by atoms with Crippen molar-refractivity contribution < 1.29 is 0 Å². The quantitative estimate of drug-likeness (QED) is 0.735. The van der Waals surface area contributed by atoms with Gasteiger partial charge in [0.2, 0.25) is 0 Å². The molecule has 0 aromatic rings. The van der Waals surface area contributed by atoms with Crippen molar-refractivity contribution in [1.29, 1.82) is 0 Å². The fourth-order valence-corrected chi connectivity index (χ4v) is 3.20. The van der Waals surface area contributed by atoms with E-state index in [9.17, 15) is 0 Å². The predicted octanol–water partition coefficient (Wildman–Crippen LogP) is 3.27. The Balaban J connectivity index is 2.38. The van der Waals surface area contributed by atoms with Crippen LogP contribution in [-0.4, -0.2) is 36.1 Å². The summed E-state index contributed by atoms with van der Waals surface area (Å²) in [6.07, 6.45) is 5.31. The third kappa shape index (κ3) is 4.59. The predicted molar refractivity (Wildman–Crippen MR) is 76.4 cm³/mol. The summed E-state index contributed by atoms with van der Waals surface area (Å²) in [5.41, 5.74) is 0. The molecule has 1 aliphatic rings. The molecule has 3 atom stereocenters. The highest BCUT2D eigenvalue weighted by atomic mass is 15.2. The van der Waals surface area contributed by atoms with Gasteiger partial charge < -0.3 is 5.32 Å². The Morgan fingerprint density at radius 2 is 1.94 bits per heavy atom. The van der Waals surface area contributed by atoms with E-state index < -0.39 is 0 Å². The molecule has 0 amide bonds. The number of nitrogens with one attached hydrogen (secondary N) is 1. The van der Waals surface area contributed by atoms with Gasteiger partial charge in [0.05, 0.1) is 0 Å². The second-order valence-electron chi connectivity index (χ2n) is 6.13. The van der Waals surface area contributed by atoms with E-state index in [4.69, 9.17) is 0 Å². The monoisotopic (exact) mass is 240 g/mol. The lowest BCUT2D eigenvalue weighted by Gasteiger charge is -2.34. The molecule has 1 fully saturated rings. The molecule has 1 N–H and O–H groups in total. The molecule has 0 radical (unpaired) electrons. The maximum Gasteiger partial charge on any atom is 0.0121 e. The Kier molecular flexibility index (Phi) is 6.50. The zero-order chi connectivity index (χ0) is 12.8. The molecule has 0 spiro atoms. The highest BCUT2D eigenvalue weighted by Crippen LogP contribution is 2.27. The van der Waals surface area contributed by atoms with Crippen LogP contribution >= 0.6 is 0 Å². The number of rotatable bonds is 7. The van der Waals surface area contributed by atoms with Crippen LogP contribution < -0.4 is 5.32 Å². The lowest BCUT2D eigenvalue weighted by Crippen LogP contribution is -2.43. The van der Waals surface area contributed by atoms with Crippen LogP contribution in [0.5, 0.6) is 0 Å². The lowest BCUT2D eigenvalue weighted by molar-refractivity contribution is 0.141. The number of hydrogen-bond donors (Lipinski definition) is 1. The first-order valence-electron chi connectivity index (χ1n) is 7.55. The molecule has 0 aromatic carbocycles. The van der Waals surface area contributed by atoms with E-state index in [1.807, 2.05) is 0 Å². The molecule has 102 valence electrons. The van der Waals surface area contributed by atoms with Crippen molar-refractivity contribution in [3.63, 3.8) is 0 Å². The third-order valence-electron chi connectivity index (χ3n) is 4.12. The minimum atomic E-state index is 0.651. The number of likely N-dealkylation sites (tertiary alicyclic amines) is 1. The summed E-state index contributed by atoms with van der Waals surface area (Å²) in [7, 11) is 0. The molecule has 3 unspecified atom stereocenters.